The molecule has 1 aromatic heterocycles. The van der Waals surface area contributed by atoms with E-state index in [0.29, 0.717) is 29.6 Å². The van der Waals surface area contributed by atoms with Gasteiger partial charge >= 0.3 is 17.7 Å². The van der Waals surface area contributed by atoms with Crippen LogP contribution in [0.5, 0.6) is 5.75 Å². The fraction of sp³-hybridized carbons (Fsp3) is 0.393. The highest BCUT2D eigenvalue weighted by Crippen LogP contribution is 2.31. The number of carbonyl (C=O) groups excluding carboxylic acids is 2. The smallest absolute Gasteiger partial charge is 0.408 e. The first-order chi connectivity index (χ1) is 16.9. The van der Waals surface area contributed by atoms with Crippen LogP contribution in [0, 0.1) is 6.92 Å². The fourth-order valence-electron chi connectivity index (χ4n) is 3.86. The molecule has 0 saturated carbocycles. The SMILES string of the molecule is CCCCc1cc(=O)oc2cc(C)cc(OC(=O)[C@@H](CCCC)NC(=O)OCc3ccccc3)c12. The molecule has 0 aliphatic rings. The van der Waals surface area contributed by atoms with Gasteiger partial charge in [-0.1, -0.05) is 63.4 Å². The van der Waals surface area contributed by atoms with E-state index in [1.807, 2.05) is 44.2 Å². The third-order valence-corrected chi connectivity index (χ3v) is 5.68. The van der Waals surface area contributed by atoms with Crippen LogP contribution in [0.4, 0.5) is 4.79 Å². The normalized spacial score (nSPS) is 11.7. The highest BCUT2D eigenvalue weighted by Gasteiger charge is 2.25. The number of carbonyl (C=O) groups is 2. The molecule has 3 rings (SSSR count). The van der Waals surface area contributed by atoms with Gasteiger partial charge in [0.15, 0.2) is 0 Å². The van der Waals surface area contributed by atoms with Crippen molar-refractivity contribution in [3.8, 4) is 5.75 Å². The largest absolute Gasteiger partial charge is 0.445 e. The zero-order valence-electron chi connectivity index (χ0n) is 20.6. The average molecular weight is 480 g/mol. The lowest BCUT2D eigenvalue weighted by Crippen LogP contribution is -2.43. The van der Waals surface area contributed by atoms with Crippen LogP contribution in [0.25, 0.3) is 11.0 Å². The maximum absolute atomic E-state index is 13.2. The summed E-state index contributed by atoms with van der Waals surface area (Å²) < 4.78 is 16.5. The van der Waals surface area contributed by atoms with Crippen molar-refractivity contribution in [2.45, 2.75) is 71.9 Å². The van der Waals surface area contributed by atoms with E-state index in [1.165, 1.54) is 6.07 Å². The Morgan fingerprint density at radius 3 is 2.49 bits per heavy atom. The van der Waals surface area contributed by atoms with Gasteiger partial charge in [-0.05, 0) is 55.0 Å². The number of amides is 1. The first-order valence-electron chi connectivity index (χ1n) is 12.2. The molecule has 7 heteroatoms. The molecule has 2 aromatic carbocycles. The minimum Gasteiger partial charge on any atom is -0.445 e. The van der Waals surface area contributed by atoms with Crippen molar-refractivity contribution in [1.29, 1.82) is 0 Å². The summed E-state index contributed by atoms with van der Waals surface area (Å²) in [6.45, 7) is 6.01. The Morgan fingerprint density at radius 1 is 1.03 bits per heavy atom. The second-order valence-electron chi connectivity index (χ2n) is 8.65. The number of unbranched alkanes of at least 4 members (excludes halogenated alkanes) is 2. The quantitative estimate of drug-likeness (QED) is 0.211. The molecule has 1 N–H and O–H groups in total. The summed E-state index contributed by atoms with van der Waals surface area (Å²) in [6, 6.07) is 13.4. The lowest BCUT2D eigenvalue weighted by atomic mass is 10.0. The Morgan fingerprint density at radius 2 is 1.77 bits per heavy atom. The van der Waals surface area contributed by atoms with Gasteiger partial charge in [-0.2, -0.15) is 0 Å². The molecule has 186 valence electrons. The number of hydrogen-bond donors (Lipinski definition) is 1. The molecule has 3 aromatic rings. The lowest BCUT2D eigenvalue weighted by molar-refractivity contribution is -0.136. The number of esters is 1. The van der Waals surface area contributed by atoms with Crippen LogP contribution < -0.4 is 15.7 Å². The Labute approximate surface area is 205 Å². The summed E-state index contributed by atoms with van der Waals surface area (Å²) in [5, 5.41) is 3.26. The number of nitrogens with one attached hydrogen (secondary N) is 1. The summed E-state index contributed by atoms with van der Waals surface area (Å²) >= 11 is 0. The molecule has 0 unspecified atom stereocenters. The number of rotatable bonds is 11. The van der Waals surface area contributed by atoms with Gasteiger partial charge in [-0.25, -0.2) is 14.4 Å². The molecule has 0 spiro atoms. The highest BCUT2D eigenvalue weighted by atomic mass is 16.6. The maximum Gasteiger partial charge on any atom is 0.408 e. The Kier molecular flexibility index (Phi) is 9.47. The van der Waals surface area contributed by atoms with Gasteiger partial charge < -0.3 is 19.2 Å². The number of hydrogen-bond acceptors (Lipinski definition) is 6. The molecule has 0 bridgehead atoms. The van der Waals surface area contributed by atoms with Gasteiger partial charge in [-0.3, -0.25) is 0 Å². The summed E-state index contributed by atoms with van der Waals surface area (Å²) in [7, 11) is 0. The second-order valence-corrected chi connectivity index (χ2v) is 8.65. The topological polar surface area (TPSA) is 94.8 Å². The molecular formula is C28H33NO6. The van der Waals surface area contributed by atoms with Crippen LogP contribution in [0.3, 0.4) is 0 Å². The van der Waals surface area contributed by atoms with Crippen LogP contribution in [-0.2, 0) is 22.6 Å². The molecule has 1 atom stereocenters. The number of benzene rings is 2. The fourth-order valence-corrected chi connectivity index (χ4v) is 3.86. The van der Waals surface area contributed by atoms with Crippen molar-refractivity contribution >= 4 is 23.0 Å². The van der Waals surface area contributed by atoms with Crippen LogP contribution in [0.1, 0.15) is 62.6 Å². The van der Waals surface area contributed by atoms with Crippen molar-refractivity contribution in [1.82, 2.24) is 5.32 Å². The summed E-state index contributed by atoms with van der Waals surface area (Å²) in [6.07, 6.45) is 3.81. The summed E-state index contributed by atoms with van der Waals surface area (Å²) in [5.41, 5.74) is 2.36. The predicted molar refractivity (Wildman–Crippen MR) is 135 cm³/mol. The van der Waals surface area contributed by atoms with E-state index in [9.17, 15) is 14.4 Å². The number of aryl methyl sites for hydroxylation is 2. The molecule has 0 fully saturated rings. The van der Waals surface area contributed by atoms with E-state index in [4.69, 9.17) is 13.9 Å². The third kappa shape index (κ3) is 7.44. The molecule has 0 radical (unpaired) electrons. The van der Waals surface area contributed by atoms with E-state index >= 15 is 0 Å². The Hall–Kier alpha value is -3.61. The van der Waals surface area contributed by atoms with E-state index in [1.54, 1.807) is 12.1 Å². The first kappa shape index (κ1) is 26.0. The van der Waals surface area contributed by atoms with Crippen LogP contribution in [-0.4, -0.2) is 18.1 Å². The van der Waals surface area contributed by atoms with Crippen LogP contribution in [0.15, 0.2) is 57.7 Å². The monoisotopic (exact) mass is 479 g/mol. The number of alkyl carbamates (subject to hydrolysis) is 1. The number of ether oxygens (including phenoxy) is 2. The molecule has 0 aliphatic carbocycles. The molecule has 1 heterocycles. The van der Waals surface area contributed by atoms with Crippen molar-refractivity contribution in [2.24, 2.45) is 0 Å². The minimum atomic E-state index is -0.872. The van der Waals surface area contributed by atoms with E-state index in [2.05, 4.69) is 12.2 Å². The van der Waals surface area contributed by atoms with Crippen molar-refractivity contribution < 1.29 is 23.5 Å². The Balaban J connectivity index is 1.81. The molecule has 7 nitrogen and oxygen atoms in total. The molecule has 0 aliphatic heterocycles. The molecule has 35 heavy (non-hydrogen) atoms. The van der Waals surface area contributed by atoms with E-state index < -0.39 is 23.7 Å². The third-order valence-electron chi connectivity index (χ3n) is 5.68. The van der Waals surface area contributed by atoms with E-state index in [0.717, 1.165) is 42.4 Å². The summed E-state index contributed by atoms with van der Waals surface area (Å²) in [4.78, 5) is 37.7. The van der Waals surface area contributed by atoms with Gasteiger partial charge in [0.25, 0.3) is 0 Å². The highest BCUT2D eigenvalue weighted by molar-refractivity contribution is 5.91. The average Bonchev–Trinajstić information content (AvgIpc) is 2.83. The van der Waals surface area contributed by atoms with Crippen molar-refractivity contribution in [3.05, 3.63) is 75.6 Å². The van der Waals surface area contributed by atoms with Gasteiger partial charge in [0.05, 0.1) is 5.39 Å². The van der Waals surface area contributed by atoms with Gasteiger partial charge in [-0.15, -0.1) is 0 Å². The maximum atomic E-state index is 13.2. The second kappa shape index (κ2) is 12.7. The summed E-state index contributed by atoms with van der Waals surface area (Å²) in [5.74, 6) is -0.268. The minimum absolute atomic E-state index is 0.102. The van der Waals surface area contributed by atoms with Gasteiger partial charge in [0.2, 0.25) is 0 Å². The predicted octanol–water partition coefficient (Wildman–Crippen LogP) is 5.83. The van der Waals surface area contributed by atoms with Crippen molar-refractivity contribution in [3.63, 3.8) is 0 Å². The van der Waals surface area contributed by atoms with E-state index in [-0.39, 0.29) is 6.61 Å². The van der Waals surface area contributed by atoms with Crippen molar-refractivity contribution in [2.75, 3.05) is 0 Å². The Bertz CT molecular complexity index is 1200. The van der Waals surface area contributed by atoms with Crippen LogP contribution in [0.2, 0.25) is 0 Å². The molecule has 0 saturated heterocycles. The lowest BCUT2D eigenvalue weighted by Gasteiger charge is -2.18. The zero-order valence-corrected chi connectivity index (χ0v) is 20.6. The van der Waals surface area contributed by atoms with Gasteiger partial charge in [0.1, 0.15) is 24.0 Å². The molecular weight excluding hydrogens is 446 g/mol. The van der Waals surface area contributed by atoms with Crippen LogP contribution >= 0.6 is 0 Å². The molecule has 1 amide bonds. The number of fused-ring (bicyclic) bond motifs is 1. The van der Waals surface area contributed by atoms with Gasteiger partial charge in [0, 0.05) is 6.07 Å². The first-order valence-corrected chi connectivity index (χ1v) is 12.2. The standard InChI is InChI=1S/C28H33NO6/c1-4-6-13-21-17-25(30)34-23-15-19(3)16-24(26(21)23)35-27(31)22(14-7-5-2)29-28(32)33-18-20-11-9-8-10-12-20/h8-12,15-17,22H,4-7,13-14,18H2,1-3H3,(H,29,32)/t22-/m1/s1. The zero-order chi connectivity index (χ0) is 25.2.